The van der Waals surface area contributed by atoms with Crippen molar-refractivity contribution < 1.29 is 9.47 Å². The van der Waals surface area contributed by atoms with Crippen LogP contribution in [0.1, 0.15) is 40.8 Å². The molecule has 6 heteroatoms. The highest BCUT2D eigenvalue weighted by Crippen LogP contribution is 2.40. The third-order valence-corrected chi connectivity index (χ3v) is 5.68. The topological polar surface area (TPSA) is 90.3 Å². The lowest BCUT2D eigenvalue weighted by Gasteiger charge is -2.27. The van der Waals surface area contributed by atoms with Crippen LogP contribution in [0.2, 0.25) is 0 Å². The van der Waals surface area contributed by atoms with Gasteiger partial charge in [-0.25, -0.2) is 0 Å². The Hall–Kier alpha value is -3.98. The van der Waals surface area contributed by atoms with Gasteiger partial charge in [-0.05, 0) is 44.0 Å². The number of nitriles is 1. The van der Waals surface area contributed by atoms with Crippen LogP contribution in [-0.4, -0.2) is 11.2 Å². The number of pyridine rings is 1. The van der Waals surface area contributed by atoms with Crippen LogP contribution in [0, 0.1) is 25.2 Å². The van der Waals surface area contributed by atoms with E-state index in [1.54, 1.807) is 4.57 Å². The third-order valence-electron chi connectivity index (χ3n) is 5.68. The van der Waals surface area contributed by atoms with E-state index in [-0.39, 0.29) is 17.0 Å². The van der Waals surface area contributed by atoms with Gasteiger partial charge in [-0.2, -0.15) is 5.26 Å². The molecule has 1 aromatic heterocycles. The molecule has 0 amide bonds. The molecule has 0 saturated heterocycles. The lowest BCUT2D eigenvalue weighted by atomic mass is 9.84. The van der Waals surface area contributed by atoms with Crippen LogP contribution in [-0.2, 0) is 6.54 Å². The molecule has 3 aromatic rings. The summed E-state index contributed by atoms with van der Waals surface area (Å²) >= 11 is 0. The fourth-order valence-corrected chi connectivity index (χ4v) is 4.02. The Bertz CT molecular complexity index is 1280. The molecule has 0 bridgehead atoms. The number of ether oxygens (including phenoxy) is 2. The number of aromatic nitrogens is 1. The van der Waals surface area contributed by atoms with Gasteiger partial charge in [0.15, 0.2) is 0 Å². The van der Waals surface area contributed by atoms with Crippen LogP contribution < -0.4 is 20.8 Å². The maximum Gasteiger partial charge on any atom is 0.259 e. The van der Waals surface area contributed by atoms with Gasteiger partial charge in [0, 0.05) is 11.8 Å². The van der Waals surface area contributed by atoms with Crippen LogP contribution in [0.15, 0.2) is 70.8 Å². The Balaban J connectivity index is 1.86. The normalized spacial score (nSPS) is 15.0. The summed E-state index contributed by atoms with van der Waals surface area (Å²) in [7, 11) is 0. The fraction of sp³-hybridized carbons (Fsp3) is 0.231. The molecule has 1 aliphatic heterocycles. The molecule has 0 aliphatic carbocycles. The Morgan fingerprint density at radius 3 is 2.44 bits per heavy atom. The van der Waals surface area contributed by atoms with Gasteiger partial charge in [0.05, 0.1) is 24.6 Å². The van der Waals surface area contributed by atoms with Crippen molar-refractivity contribution in [3.63, 3.8) is 0 Å². The molecule has 2 aromatic carbocycles. The molecule has 0 fully saturated rings. The van der Waals surface area contributed by atoms with E-state index in [9.17, 15) is 10.1 Å². The largest absolute Gasteiger partial charge is 0.494 e. The number of nitrogens with zero attached hydrogens (tertiary/aromatic N) is 2. The number of nitrogens with two attached hydrogens (primary N) is 1. The van der Waals surface area contributed by atoms with E-state index in [0.29, 0.717) is 24.5 Å². The van der Waals surface area contributed by atoms with Gasteiger partial charge in [-0.3, -0.25) is 4.79 Å². The van der Waals surface area contributed by atoms with Crippen LogP contribution in [0.5, 0.6) is 11.5 Å². The predicted octanol–water partition coefficient (Wildman–Crippen LogP) is 4.13. The van der Waals surface area contributed by atoms with Crippen molar-refractivity contribution in [1.82, 2.24) is 4.57 Å². The van der Waals surface area contributed by atoms with Crippen molar-refractivity contribution >= 4 is 0 Å². The van der Waals surface area contributed by atoms with E-state index in [0.717, 1.165) is 28.1 Å². The summed E-state index contributed by atoms with van der Waals surface area (Å²) in [5, 5.41) is 9.83. The molecule has 0 radical (unpaired) electrons. The predicted molar refractivity (Wildman–Crippen MR) is 123 cm³/mol. The van der Waals surface area contributed by atoms with Crippen molar-refractivity contribution in [2.45, 2.75) is 33.2 Å². The Morgan fingerprint density at radius 1 is 1.12 bits per heavy atom. The van der Waals surface area contributed by atoms with E-state index >= 15 is 0 Å². The van der Waals surface area contributed by atoms with Gasteiger partial charge in [0.1, 0.15) is 23.1 Å². The van der Waals surface area contributed by atoms with Crippen molar-refractivity contribution in [3.05, 3.63) is 104 Å². The van der Waals surface area contributed by atoms with Gasteiger partial charge < -0.3 is 19.8 Å². The number of hydrogen-bond acceptors (Lipinski definition) is 5. The zero-order chi connectivity index (χ0) is 22.8. The molecule has 0 spiro atoms. The number of benzene rings is 2. The van der Waals surface area contributed by atoms with Crippen molar-refractivity contribution in [2.75, 3.05) is 6.61 Å². The van der Waals surface area contributed by atoms with Gasteiger partial charge in [-0.15, -0.1) is 0 Å². The molecule has 2 N–H and O–H groups in total. The van der Waals surface area contributed by atoms with E-state index < -0.39 is 5.92 Å². The molecule has 32 heavy (non-hydrogen) atoms. The molecule has 6 nitrogen and oxygen atoms in total. The molecule has 1 unspecified atom stereocenters. The lowest BCUT2D eigenvalue weighted by Crippen LogP contribution is -2.33. The summed E-state index contributed by atoms with van der Waals surface area (Å²) in [4.78, 5) is 13.7. The second-order valence-corrected chi connectivity index (χ2v) is 7.87. The molecule has 1 atom stereocenters. The summed E-state index contributed by atoms with van der Waals surface area (Å²) < 4.78 is 13.0. The van der Waals surface area contributed by atoms with E-state index in [4.69, 9.17) is 15.2 Å². The standard InChI is InChI=1S/C26H25N3O3/c1-4-31-20-11-9-19(10-12-20)23-21(14-27)25(28)32-22-13-17(3)29(26(30)24(22)23)15-18-7-5-16(2)6-8-18/h5-13,23H,4,15,28H2,1-3H3. The summed E-state index contributed by atoms with van der Waals surface area (Å²) in [6.45, 7) is 6.79. The average molecular weight is 428 g/mol. The quantitative estimate of drug-likeness (QED) is 0.661. The van der Waals surface area contributed by atoms with Gasteiger partial charge in [0.2, 0.25) is 5.88 Å². The monoisotopic (exact) mass is 427 g/mol. The van der Waals surface area contributed by atoms with Gasteiger partial charge in [-0.1, -0.05) is 42.0 Å². The number of allylic oxidation sites excluding steroid dienone is 1. The second kappa shape index (κ2) is 8.64. The van der Waals surface area contributed by atoms with E-state index in [1.807, 2.05) is 75.4 Å². The van der Waals surface area contributed by atoms with Crippen molar-refractivity contribution in [3.8, 4) is 17.6 Å². The minimum absolute atomic E-state index is 0.0222. The third kappa shape index (κ3) is 3.85. The second-order valence-electron chi connectivity index (χ2n) is 7.87. The highest BCUT2D eigenvalue weighted by molar-refractivity contribution is 5.55. The smallest absolute Gasteiger partial charge is 0.259 e. The number of aryl methyl sites for hydroxylation is 2. The zero-order valence-corrected chi connectivity index (χ0v) is 18.4. The van der Waals surface area contributed by atoms with E-state index in [2.05, 4.69) is 6.07 Å². The maximum atomic E-state index is 13.7. The highest BCUT2D eigenvalue weighted by atomic mass is 16.5. The fourth-order valence-electron chi connectivity index (χ4n) is 4.02. The average Bonchev–Trinajstić information content (AvgIpc) is 2.78. The molecule has 1 aliphatic rings. The molecule has 0 saturated carbocycles. The Morgan fingerprint density at radius 2 is 1.81 bits per heavy atom. The first-order valence-corrected chi connectivity index (χ1v) is 10.5. The van der Waals surface area contributed by atoms with Gasteiger partial charge in [0.25, 0.3) is 5.56 Å². The van der Waals surface area contributed by atoms with Crippen LogP contribution in [0.25, 0.3) is 0 Å². The first-order valence-electron chi connectivity index (χ1n) is 10.5. The highest BCUT2D eigenvalue weighted by Gasteiger charge is 2.34. The Kier molecular flexibility index (Phi) is 5.74. The molecule has 2 heterocycles. The van der Waals surface area contributed by atoms with Crippen molar-refractivity contribution in [1.29, 1.82) is 5.26 Å². The lowest BCUT2D eigenvalue weighted by molar-refractivity contribution is 0.340. The van der Waals surface area contributed by atoms with E-state index in [1.165, 1.54) is 0 Å². The van der Waals surface area contributed by atoms with Crippen LogP contribution in [0.3, 0.4) is 0 Å². The number of rotatable bonds is 5. The first-order chi connectivity index (χ1) is 15.4. The maximum absolute atomic E-state index is 13.7. The summed E-state index contributed by atoms with van der Waals surface area (Å²) in [6.07, 6.45) is 0. The molecular formula is C26H25N3O3. The van der Waals surface area contributed by atoms with Crippen molar-refractivity contribution in [2.24, 2.45) is 5.73 Å². The molecule has 4 rings (SSSR count). The summed E-state index contributed by atoms with van der Waals surface area (Å²) in [5.74, 6) is 0.522. The molecular weight excluding hydrogens is 402 g/mol. The Labute approximate surface area is 187 Å². The number of fused-ring (bicyclic) bond motifs is 1. The molecule has 162 valence electrons. The minimum atomic E-state index is -0.614. The zero-order valence-electron chi connectivity index (χ0n) is 18.4. The summed E-state index contributed by atoms with van der Waals surface area (Å²) in [5.41, 5.74) is 10.2. The minimum Gasteiger partial charge on any atom is -0.494 e. The number of hydrogen-bond donors (Lipinski definition) is 1. The summed E-state index contributed by atoms with van der Waals surface area (Å²) in [6, 6.07) is 19.4. The SMILES string of the molecule is CCOc1ccc(C2C(C#N)=C(N)Oc3cc(C)n(Cc4ccc(C)cc4)c(=O)c32)cc1. The van der Waals surface area contributed by atoms with Crippen LogP contribution in [0.4, 0.5) is 0 Å². The van der Waals surface area contributed by atoms with Crippen LogP contribution >= 0.6 is 0 Å². The first kappa shape index (κ1) is 21.3. The van der Waals surface area contributed by atoms with Gasteiger partial charge >= 0.3 is 0 Å².